The molecule has 1 N–H and O–H groups in total. The molecule has 2 rings (SSSR count). The maximum Gasteiger partial charge on any atom is 0.127 e. The average molecular weight is 284 g/mol. The Morgan fingerprint density at radius 3 is 2.74 bits per heavy atom. The minimum Gasteiger partial charge on any atom is -0.314 e. The normalized spacial score (nSPS) is 17.8. The fourth-order valence-corrected chi connectivity index (χ4v) is 3.32. The van der Waals surface area contributed by atoms with Crippen LogP contribution < -0.4 is 5.32 Å². The second-order valence-corrected chi connectivity index (χ2v) is 5.92. The molecule has 1 aliphatic carbocycles. The fraction of sp³-hybridized carbons (Fsp3) is 0.625. The lowest BCUT2D eigenvalue weighted by Gasteiger charge is -2.24. The third kappa shape index (κ3) is 4.19. The zero-order valence-electron chi connectivity index (χ0n) is 11.6. The van der Waals surface area contributed by atoms with E-state index in [4.69, 9.17) is 11.6 Å². The van der Waals surface area contributed by atoms with E-state index in [9.17, 15) is 4.39 Å². The van der Waals surface area contributed by atoms with Gasteiger partial charge in [-0.05, 0) is 55.8 Å². The topological polar surface area (TPSA) is 12.0 Å². The van der Waals surface area contributed by atoms with Gasteiger partial charge in [0, 0.05) is 11.1 Å². The van der Waals surface area contributed by atoms with Crippen LogP contribution in [0.2, 0.25) is 5.02 Å². The van der Waals surface area contributed by atoms with Crippen molar-refractivity contribution in [3.05, 3.63) is 34.6 Å². The first-order chi connectivity index (χ1) is 9.20. The van der Waals surface area contributed by atoms with Crippen LogP contribution >= 0.6 is 11.6 Å². The number of hydrogen-bond acceptors (Lipinski definition) is 1. The zero-order chi connectivity index (χ0) is 13.7. The Morgan fingerprint density at radius 1 is 1.37 bits per heavy atom. The number of benzene rings is 1. The van der Waals surface area contributed by atoms with Gasteiger partial charge in [-0.25, -0.2) is 4.39 Å². The molecule has 1 unspecified atom stereocenters. The molecular formula is C16H23ClFN. The molecule has 0 spiro atoms. The van der Waals surface area contributed by atoms with E-state index in [1.54, 1.807) is 6.07 Å². The molecule has 1 nitrogen and oxygen atoms in total. The summed E-state index contributed by atoms with van der Waals surface area (Å²) in [6.45, 7) is 3.13. The third-order valence-corrected chi connectivity index (χ3v) is 4.41. The van der Waals surface area contributed by atoms with E-state index in [1.807, 2.05) is 6.07 Å². The lowest BCUT2D eigenvalue weighted by atomic mass is 9.92. The molecule has 1 aliphatic rings. The van der Waals surface area contributed by atoms with Crippen LogP contribution in [0.15, 0.2) is 18.2 Å². The van der Waals surface area contributed by atoms with Gasteiger partial charge in [-0.3, -0.25) is 0 Å². The van der Waals surface area contributed by atoms with E-state index in [2.05, 4.69) is 12.2 Å². The quantitative estimate of drug-likeness (QED) is 0.806. The molecule has 1 saturated carbocycles. The first-order valence-corrected chi connectivity index (χ1v) is 7.75. The van der Waals surface area contributed by atoms with Crippen LogP contribution in [0.25, 0.3) is 0 Å². The summed E-state index contributed by atoms with van der Waals surface area (Å²) >= 11 is 5.78. The fourth-order valence-electron chi connectivity index (χ4n) is 3.16. The van der Waals surface area contributed by atoms with Crippen molar-refractivity contribution < 1.29 is 4.39 Å². The van der Waals surface area contributed by atoms with Gasteiger partial charge in [0.2, 0.25) is 0 Å². The third-order valence-electron chi connectivity index (χ3n) is 4.17. The van der Waals surface area contributed by atoms with Crippen LogP contribution in [0.4, 0.5) is 4.39 Å². The van der Waals surface area contributed by atoms with Crippen molar-refractivity contribution in [2.45, 2.75) is 51.5 Å². The summed E-state index contributed by atoms with van der Waals surface area (Å²) in [5.41, 5.74) is 0.783. The van der Waals surface area contributed by atoms with E-state index in [-0.39, 0.29) is 5.82 Å². The molecule has 0 radical (unpaired) electrons. The van der Waals surface area contributed by atoms with Crippen molar-refractivity contribution in [2.75, 3.05) is 6.54 Å². The Bertz CT molecular complexity index is 402. The largest absolute Gasteiger partial charge is 0.314 e. The van der Waals surface area contributed by atoms with E-state index in [0.717, 1.165) is 30.9 Å². The number of aryl methyl sites for hydroxylation is 1. The predicted molar refractivity (Wildman–Crippen MR) is 79.2 cm³/mol. The molecule has 1 aromatic rings. The standard InChI is InChI=1S/C16H23ClFN/c1-2-19-16(13-5-3-4-6-13)10-8-12-7-9-14(17)11-15(12)18/h7,9,11,13,16,19H,2-6,8,10H2,1H3. The summed E-state index contributed by atoms with van der Waals surface area (Å²) in [7, 11) is 0. The highest BCUT2D eigenvalue weighted by atomic mass is 35.5. The van der Waals surface area contributed by atoms with Gasteiger partial charge in [0.1, 0.15) is 5.82 Å². The van der Waals surface area contributed by atoms with Gasteiger partial charge in [-0.15, -0.1) is 0 Å². The highest BCUT2D eigenvalue weighted by molar-refractivity contribution is 6.30. The second kappa shape index (κ2) is 7.25. The van der Waals surface area contributed by atoms with E-state index in [0.29, 0.717) is 11.1 Å². The van der Waals surface area contributed by atoms with Crippen LogP contribution in [0, 0.1) is 11.7 Å². The number of rotatable bonds is 6. The van der Waals surface area contributed by atoms with Crippen LogP contribution in [0.1, 0.15) is 44.6 Å². The Morgan fingerprint density at radius 2 is 2.11 bits per heavy atom. The summed E-state index contributed by atoms with van der Waals surface area (Å²) < 4.78 is 13.8. The zero-order valence-corrected chi connectivity index (χ0v) is 12.3. The summed E-state index contributed by atoms with van der Waals surface area (Å²) in [6.07, 6.45) is 7.14. The molecule has 0 aromatic heterocycles. The SMILES string of the molecule is CCNC(CCc1ccc(Cl)cc1F)C1CCCC1. The molecule has 0 saturated heterocycles. The van der Waals surface area contributed by atoms with Crippen LogP contribution in [0.5, 0.6) is 0 Å². The summed E-state index contributed by atoms with van der Waals surface area (Å²) in [6, 6.07) is 5.53. The molecule has 1 atom stereocenters. The first-order valence-electron chi connectivity index (χ1n) is 7.38. The minimum absolute atomic E-state index is 0.172. The smallest absolute Gasteiger partial charge is 0.127 e. The maximum atomic E-state index is 13.8. The molecule has 0 heterocycles. The van der Waals surface area contributed by atoms with Crippen molar-refractivity contribution in [3.63, 3.8) is 0 Å². The number of nitrogens with one attached hydrogen (secondary N) is 1. The second-order valence-electron chi connectivity index (χ2n) is 5.48. The predicted octanol–water partition coefficient (Wildman–Crippen LogP) is 4.58. The van der Waals surface area contributed by atoms with Gasteiger partial charge in [0.25, 0.3) is 0 Å². The van der Waals surface area contributed by atoms with Crippen molar-refractivity contribution in [1.29, 1.82) is 0 Å². The summed E-state index contributed by atoms with van der Waals surface area (Å²) in [4.78, 5) is 0. The Hall–Kier alpha value is -0.600. The molecule has 0 aliphatic heterocycles. The van der Waals surface area contributed by atoms with E-state index >= 15 is 0 Å². The van der Waals surface area contributed by atoms with E-state index in [1.165, 1.54) is 31.7 Å². The highest BCUT2D eigenvalue weighted by Crippen LogP contribution is 2.30. The first kappa shape index (κ1) is 14.8. The van der Waals surface area contributed by atoms with Crippen molar-refractivity contribution >= 4 is 11.6 Å². The lowest BCUT2D eigenvalue weighted by Crippen LogP contribution is -2.35. The molecule has 3 heteroatoms. The summed E-state index contributed by atoms with van der Waals surface area (Å²) in [5, 5.41) is 4.05. The molecule has 0 amide bonds. The van der Waals surface area contributed by atoms with Gasteiger partial charge in [0.05, 0.1) is 0 Å². The molecular weight excluding hydrogens is 261 g/mol. The van der Waals surface area contributed by atoms with Gasteiger partial charge in [-0.2, -0.15) is 0 Å². The van der Waals surface area contributed by atoms with Crippen LogP contribution in [0.3, 0.4) is 0 Å². The van der Waals surface area contributed by atoms with Gasteiger partial charge < -0.3 is 5.32 Å². The van der Waals surface area contributed by atoms with Gasteiger partial charge >= 0.3 is 0 Å². The lowest BCUT2D eigenvalue weighted by molar-refractivity contribution is 0.345. The van der Waals surface area contributed by atoms with Crippen LogP contribution in [-0.4, -0.2) is 12.6 Å². The van der Waals surface area contributed by atoms with Crippen molar-refractivity contribution in [3.8, 4) is 0 Å². The molecule has 1 aromatic carbocycles. The van der Waals surface area contributed by atoms with Crippen molar-refractivity contribution in [2.24, 2.45) is 5.92 Å². The summed E-state index contributed by atoms with van der Waals surface area (Å²) in [5.74, 6) is 0.601. The monoisotopic (exact) mass is 283 g/mol. The Balaban J connectivity index is 1.93. The van der Waals surface area contributed by atoms with Crippen LogP contribution in [-0.2, 0) is 6.42 Å². The van der Waals surface area contributed by atoms with Crippen molar-refractivity contribution in [1.82, 2.24) is 5.32 Å². The maximum absolute atomic E-state index is 13.8. The Labute approximate surface area is 120 Å². The number of halogens is 2. The molecule has 106 valence electrons. The minimum atomic E-state index is -0.172. The average Bonchev–Trinajstić information content (AvgIpc) is 2.90. The molecule has 19 heavy (non-hydrogen) atoms. The van der Waals surface area contributed by atoms with Gasteiger partial charge in [0.15, 0.2) is 0 Å². The molecule has 1 fully saturated rings. The highest BCUT2D eigenvalue weighted by Gasteiger charge is 2.24. The van der Waals surface area contributed by atoms with Gasteiger partial charge in [-0.1, -0.05) is 37.4 Å². The molecule has 0 bridgehead atoms. The Kier molecular flexibility index (Phi) is 5.65. The van der Waals surface area contributed by atoms with E-state index < -0.39 is 0 Å². The number of hydrogen-bond donors (Lipinski definition) is 1.